The lowest BCUT2D eigenvalue weighted by atomic mass is 9.95. The Balaban J connectivity index is 1.59. The number of anilines is 1. The van der Waals surface area contributed by atoms with Gasteiger partial charge in [-0.1, -0.05) is 11.6 Å². The topological polar surface area (TPSA) is 58.6 Å². The SMILES string of the molecule is COc1ccc(Cl)cc1NC(=O)C1CCN(C(=O)c2ccc(F)cc2)CC1. The number of likely N-dealkylation sites (tertiary alicyclic amines) is 1. The largest absolute Gasteiger partial charge is 0.495 e. The van der Waals surface area contributed by atoms with Gasteiger partial charge in [0.2, 0.25) is 5.91 Å². The number of hydrogen-bond acceptors (Lipinski definition) is 3. The van der Waals surface area contributed by atoms with Gasteiger partial charge in [-0.05, 0) is 55.3 Å². The first-order valence-corrected chi connectivity index (χ1v) is 9.05. The van der Waals surface area contributed by atoms with E-state index in [0.717, 1.165) is 0 Å². The molecule has 0 aromatic heterocycles. The van der Waals surface area contributed by atoms with Gasteiger partial charge in [-0.25, -0.2) is 4.39 Å². The van der Waals surface area contributed by atoms with Crippen LogP contribution in [0.4, 0.5) is 10.1 Å². The highest BCUT2D eigenvalue weighted by atomic mass is 35.5. The zero-order valence-electron chi connectivity index (χ0n) is 14.9. The molecule has 1 aliphatic rings. The highest BCUT2D eigenvalue weighted by Crippen LogP contribution is 2.29. The molecule has 1 fully saturated rings. The van der Waals surface area contributed by atoms with Gasteiger partial charge >= 0.3 is 0 Å². The van der Waals surface area contributed by atoms with E-state index < -0.39 is 0 Å². The van der Waals surface area contributed by atoms with Crippen LogP contribution in [0.5, 0.6) is 5.75 Å². The van der Waals surface area contributed by atoms with Crippen LogP contribution >= 0.6 is 11.6 Å². The summed E-state index contributed by atoms with van der Waals surface area (Å²) in [4.78, 5) is 26.7. The van der Waals surface area contributed by atoms with Crippen molar-refractivity contribution < 1.29 is 18.7 Å². The van der Waals surface area contributed by atoms with Crippen LogP contribution < -0.4 is 10.1 Å². The molecule has 27 heavy (non-hydrogen) atoms. The highest BCUT2D eigenvalue weighted by Gasteiger charge is 2.28. The Hall–Kier alpha value is -2.60. The Morgan fingerprint density at radius 2 is 1.81 bits per heavy atom. The number of halogens is 2. The van der Waals surface area contributed by atoms with Crippen LogP contribution in [-0.2, 0) is 4.79 Å². The van der Waals surface area contributed by atoms with Gasteiger partial charge in [0.1, 0.15) is 11.6 Å². The van der Waals surface area contributed by atoms with Crippen LogP contribution in [0, 0.1) is 11.7 Å². The van der Waals surface area contributed by atoms with E-state index in [9.17, 15) is 14.0 Å². The lowest BCUT2D eigenvalue weighted by molar-refractivity contribution is -0.121. The van der Waals surface area contributed by atoms with E-state index in [0.29, 0.717) is 48.0 Å². The first-order valence-electron chi connectivity index (χ1n) is 8.67. The molecule has 1 N–H and O–H groups in total. The van der Waals surface area contributed by atoms with Gasteiger partial charge in [-0.15, -0.1) is 0 Å². The van der Waals surface area contributed by atoms with E-state index in [4.69, 9.17) is 16.3 Å². The number of carbonyl (C=O) groups is 2. The van der Waals surface area contributed by atoms with Crippen LogP contribution in [0.1, 0.15) is 23.2 Å². The third kappa shape index (κ3) is 4.57. The van der Waals surface area contributed by atoms with Gasteiger partial charge in [0, 0.05) is 29.6 Å². The number of ether oxygens (including phenoxy) is 1. The molecule has 0 radical (unpaired) electrons. The van der Waals surface area contributed by atoms with Gasteiger partial charge < -0.3 is 15.0 Å². The average molecular weight is 391 g/mol. The maximum absolute atomic E-state index is 13.0. The number of rotatable bonds is 4. The molecule has 7 heteroatoms. The smallest absolute Gasteiger partial charge is 0.253 e. The molecule has 2 aromatic carbocycles. The van der Waals surface area contributed by atoms with Crippen molar-refractivity contribution in [2.45, 2.75) is 12.8 Å². The summed E-state index contributed by atoms with van der Waals surface area (Å²) < 4.78 is 18.2. The minimum Gasteiger partial charge on any atom is -0.495 e. The molecular weight excluding hydrogens is 371 g/mol. The third-order valence-corrected chi connectivity index (χ3v) is 4.90. The highest BCUT2D eigenvalue weighted by molar-refractivity contribution is 6.31. The Labute approximate surface area is 162 Å². The van der Waals surface area contributed by atoms with Crippen LogP contribution in [0.15, 0.2) is 42.5 Å². The Morgan fingerprint density at radius 3 is 2.44 bits per heavy atom. The maximum atomic E-state index is 13.0. The summed E-state index contributed by atoms with van der Waals surface area (Å²) in [6.07, 6.45) is 1.11. The van der Waals surface area contributed by atoms with E-state index in [1.807, 2.05) is 0 Å². The lowest BCUT2D eigenvalue weighted by Gasteiger charge is -2.31. The fourth-order valence-corrected chi connectivity index (χ4v) is 3.30. The van der Waals surface area contributed by atoms with E-state index in [1.165, 1.54) is 31.4 Å². The van der Waals surface area contributed by atoms with E-state index in [-0.39, 0.29) is 23.5 Å². The quantitative estimate of drug-likeness (QED) is 0.859. The summed E-state index contributed by atoms with van der Waals surface area (Å²) in [5, 5.41) is 3.37. The maximum Gasteiger partial charge on any atom is 0.253 e. The molecule has 1 saturated heterocycles. The molecule has 0 unspecified atom stereocenters. The molecule has 142 valence electrons. The van der Waals surface area contributed by atoms with Crippen molar-refractivity contribution in [3.05, 3.63) is 58.9 Å². The molecule has 0 atom stereocenters. The third-order valence-electron chi connectivity index (χ3n) is 4.66. The molecule has 3 rings (SSSR count). The number of methoxy groups -OCH3 is 1. The first-order chi connectivity index (χ1) is 13.0. The summed E-state index contributed by atoms with van der Waals surface area (Å²) in [7, 11) is 1.53. The summed E-state index contributed by atoms with van der Waals surface area (Å²) in [6, 6.07) is 10.5. The standard InChI is InChI=1S/C20H20ClFN2O3/c1-27-18-7-4-15(21)12-17(18)23-19(25)13-8-10-24(11-9-13)20(26)14-2-5-16(22)6-3-14/h2-7,12-13H,8-11H2,1H3,(H,23,25). The molecule has 1 heterocycles. The van der Waals surface area contributed by atoms with Crippen LogP contribution in [-0.4, -0.2) is 36.9 Å². The predicted molar refractivity (Wildman–Crippen MR) is 102 cm³/mol. The molecule has 0 spiro atoms. The van der Waals surface area contributed by atoms with Gasteiger partial charge in [-0.2, -0.15) is 0 Å². The average Bonchev–Trinajstić information content (AvgIpc) is 2.68. The van der Waals surface area contributed by atoms with E-state index in [1.54, 1.807) is 23.1 Å². The van der Waals surface area contributed by atoms with Gasteiger partial charge in [-0.3, -0.25) is 9.59 Å². The van der Waals surface area contributed by atoms with Crippen molar-refractivity contribution in [3.63, 3.8) is 0 Å². The van der Waals surface area contributed by atoms with E-state index in [2.05, 4.69) is 5.32 Å². The molecule has 2 amide bonds. The number of carbonyl (C=O) groups excluding carboxylic acids is 2. The molecular formula is C20H20ClFN2O3. The number of benzene rings is 2. The summed E-state index contributed by atoms with van der Waals surface area (Å²) in [5.74, 6) is -0.309. The molecule has 2 aromatic rings. The van der Waals surface area contributed by atoms with Gasteiger partial charge in [0.25, 0.3) is 5.91 Å². The number of amides is 2. The summed E-state index contributed by atoms with van der Waals surface area (Å²) in [6.45, 7) is 0.946. The fraction of sp³-hybridized carbons (Fsp3) is 0.300. The van der Waals surface area contributed by atoms with Crippen molar-refractivity contribution in [2.75, 3.05) is 25.5 Å². The first kappa shape index (κ1) is 19.2. The zero-order valence-corrected chi connectivity index (χ0v) is 15.6. The fourth-order valence-electron chi connectivity index (χ4n) is 3.13. The number of piperidine rings is 1. The molecule has 5 nitrogen and oxygen atoms in total. The number of nitrogens with zero attached hydrogens (tertiary/aromatic N) is 1. The van der Waals surface area contributed by atoms with Crippen LogP contribution in [0.25, 0.3) is 0 Å². The zero-order chi connectivity index (χ0) is 19.4. The molecule has 1 aliphatic heterocycles. The molecule has 0 bridgehead atoms. The Kier molecular flexibility index (Phi) is 5.96. The van der Waals surface area contributed by atoms with E-state index >= 15 is 0 Å². The Morgan fingerprint density at radius 1 is 1.15 bits per heavy atom. The lowest BCUT2D eigenvalue weighted by Crippen LogP contribution is -2.41. The van der Waals surface area contributed by atoms with Crippen molar-refractivity contribution >= 4 is 29.1 Å². The van der Waals surface area contributed by atoms with Crippen molar-refractivity contribution in [1.29, 1.82) is 0 Å². The van der Waals surface area contributed by atoms with Crippen LogP contribution in [0.2, 0.25) is 5.02 Å². The van der Waals surface area contributed by atoms with Crippen molar-refractivity contribution in [1.82, 2.24) is 4.90 Å². The second-order valence-corrected chi connectivity index (χ2v) is 6.84. The normalized spacial score (nSPS) is 14.7. The van der Waals surface area contributed by atoms with Crippen molar-refractivity contribution in [3.8, 4) is 5.75 Å². The second-order valence-electron chi connectivity index (χ2n) is 6.41. The molecule has 0 saturated carbocycles. The van der Waals surface area contributed by atoms with Gasteiger partial charge in [0.05, 0.1) is 12.8 Å². The predicted octanol–water partition coefficient (Wildman–Crippen LogP) is 3.98. The summed E-state index contributed by atoms with van der Waals surface area (Å²) in [5.41, 5.74) is 0.975. The minimum atomic E-state index is -0.377. The van der Waals surface area contributed by atoms with Gasteiger partial charge in [0.15, 0.2) is 0 Å². The second kappa shape index (κ2) is 8.39. The minimum absolute atomic E-state index is 0.121. The number of hydrogen-bond donors (Lipinski definition) is 1. The summed E-state index contributed by atoms with van der Waals surface area (Å²) >= 11 is 5.99. The number of nitrogens with one attached hydrogen (secondary N) is 1. The van der Waals surface area contributed by atoms with Crippen LogP contribution in [0.3, 0.4) is 0 Å². The Bertz CT molecular complexity index is 834. The van der Waals surface area contributed by atoms with Crippen molar-refractivity contribution in [2.24, 2.45) is 5.92 Å². The monoisotopic (exact) mass is 390 g/mol. The molecule has 0 aliphatic carbocycles.